The summed E-state index contributed by atoms with van der Waals surface area (Å²) in [5, 5.41) is 1.41. The molecule has 0 spiro atoms. The molecule has 8 nitrogen and oxygen atoms in total. The van der Waals surface area contributed by atoms with Crippen LogP contribution in [-0.2, 0) is 14.4 Å². The summed E-state index contributed by atoms with van der Waals surface area (Å²) in [5.41, 5.74) is 3.49. The van der Waals surface area contributed by atoms with Crippen LogP contribution in [0.2, 0.25) is 0 Å². The summed E-state index contributed by atoms with van der Waals surface area (Å²) in [6.45, 7) is 3.24. The Morgan fingerprint density at radius 3 is 2.47 bits per heavy atom. The van der Waals surface area contributed by atoms with E-state index in [-0.39, 0.29) is 17.3 Å². The van der Waals surface area contributed by atoms with Gasteiger partial charge < -0.3 is 9.74 Å². The predicted octanol–water partition coefficient (Wildman–Crippen LogP) is 2.89. The molecule has 164 valence electrons. The van der Waals surface area contributed by atoms with Gasteiger partial charge in [0.1, 0.15) is 5.71 Å². The molecule has 2 fully saturated rings. The summed E-state index contributed by atoms with van der Waals surface area (Å²) >= 11 is 0. The molecule has 0 aliphatic carbocycles. The third-order valence-corrected chi connectivity index (χ3v) is 5.37. The molecule has 2 amide bonds. The van der Waals surface area contributed by atoms with Crippen LogP contribution in [0.25, 0.3) is 0 Å². The molecule has 2 aromatic rings. The Balaban J connectivity index is 1.72. The first-order valence-corrected chi connectivity index (χ1v) is 10.5. The minimum Gasteiger partial charge on any atom is -0.345 e. The summed E-state index contributed by atoms with van der Waals surface area (Å²) in [6.07, 6.45) is 3.24. The molecule has 2 saturated heterocycles. The van der Waals surface area contributed by atoms with Crippen molar-refractivity contribution in [2.75, 3.05) is 18.1 Å². The van der Waals surface area contributed by atoms with Gasteiger partial charge in [0.25, 0.3) is 11.8 Å². The van der Waals surface area contributed by atoms with Gasteiger partial charge in [0.2, 0.25) is 0 Å². The molecule has 1 N–H and O–H groups in total. The van der Waals surface area contributed by atoms with Crippen LogP contribution in [0.15, 0.2) is 77.4 Å². The van der Waals surface area contributed by atoms with Crippen molar-refractivity contribution in [2.45, 2.75) is 19.8 Å². The number of nitrogens with one attached hydrogen (secondary N) is 1. The SMILES string of the molecule is CC1CCCN(C(=O)C(/C=C2\C(=O)ONN2c2ccccc2)=NC(=O)c2ccccc2)C1. The Bertz CT molecular complexity index is 1070. The van der Waals surface area contributed by atoms with Crippen molar-refractivity contribution in [3.63, 3.8) is 0 Å². The van der Waals surface area contributed by atoms with E-state index >= 15 is 0 Å². The smallest absolute Gasteiger partial charge is 0.345 e. The number of hydrogen-bond donors (Lipinski definition) is 1. The van der Waals surface area contributed by atoms with Crippen LogP contribution in [0.1, 0.15) is 30.1 Å². The first kappa shape index (κ1) is 21.5. The minimum absolute atomic E-state index is 0.0641. The van der Waals surface area contributed by atoms with Gasteiger partial charge in [-0.05, 0) is 43.0 Å². The van der Waals surface area contributed by atoms with Gasteiger partial charge in [0.05, 0.1) is 5.69 Å². The van der Waals surface area contributed by atoms with Crippen molar-refractivity contribution in [3.8, 4) is 0 Å². The highest BCUT2D eigenvalue weighted by Gasteiger charge is 2.32. The maximum Gasteiger partial charge on any atom is 0.376 e. The Morgan fingerprint density at radius 1 is 1.09 bits per heavy atom. The van der Waals surface area contributed by atoms with E-state index in [1.165, 1.54) is 11.1 Å². The zero-order chi connectivity index (χ0) is 22.5. The molecule has 0 saturated carbocycles. The fourth-order valence-corrected chi connectivity index (χ4v) is 3.73. The number of amides is 2. The van der Waals surface area contributed by atoms with Gasteiger partial charge in [-0.15, -0.1) is 0 Å². The zero-order valence-corrected chi connectivity index (χ0v) is 17.7. The van der Waals surface area contributed by atoms with Crippen LogP contribution in [0.4, 0.5) is 5.69 Å². The molecule has 2 aliphatic rings. The number of nitrogens with zero attached hydrogens (tertiary/aromatic N) is 3. The second kappa shape index (κ2) is 9.57. The fourth-order valence-electron chi connectivity index (χ4n) is 3.73. The van der Waals surface area contributed by atoms with E-state index in [1.807, 2.05) is 18.2 Å². The molecule has 0 bridgehead atoms. The molecule has 0 radical (unpaired) electrons. The van der Waals surface area contributed by atoms with Gasteiger partial charge in [0.15, 0.2) is 5.70 Å². The van der Waals surface area contributed by atoms with Crippen molar-refractivity contribution in [3.05, 3.63) is 78.0 Å². The van der Waals surface area contributed by atoms with Gasteiger partial charge in [-0.3, -0.25) is 9.59 Å². The first-order chi connectivity index (χ1) is 15.5. The number of hydrazine groups is 1. The quantitative estimate of drug-likeness (QED) is 0.590. The molecule has 4 rings (SSSR count). The molecular formula is C24H24N4O4. The largest absolute Gasteiger partial charge is 0.376 e. The maximum atomic E-state index is 13.4. The van der Waals surface area contributed by atoms with Crippen molar-refractivity contribution in [1.82, 2.24) is 10.5 Å². The lowest BCUT2D eigenvalue weighted by molar-refractivity contribution is -0.140. The summed E-state index contributed by atoms with van der Waals surface area (Å²) < 4.78 is 0. The maximum absolute atomic E-state index is 13.4. The van der Waals surface area contributed by atoms with Crippen molar-refractivity contribution < 1.29 is 19.2 Å². The van der Waals surface area contributed by atoms with Gasteiger partial charge in [-0.1, -0.05) is 48.9 Å². The summed E-state index contributed by atoms with van der Waals surface area (Å²) in [5.74, 6) is -1.26. The van der Waals surface area contributed by atoms with E-state index in [4.69, 9.17) is 4.84 Å². The molecule has 2 aliphatic heterocycles. The van der Waals surface area contributed by atoms with E-state index < -0.39 is 11.9 Å². The minimum atomic E-state index is -0.673. The molecule has 2 aromatic carbocycles. The number of likely N-dealkylation sites (tertiary alicyclic amines) is 1. The van der Waals surface area contributed by atoms with Crippen LogP contribution in [-0.4, -0.2) is 41.5 Å². The Hall–Kier alpha value is -3.78. The van der Waals surface area contributed by atoms with Gasteiger partial charge >= 0.3 is 5.97 Å². The lowest BCUT2D eigenvalue weighted by Gasteiger charge is -2.30. The number of piperidine rings is 1. The monoisotopic (exact) mass is 432 g/mol. The Morgan fingerprint density at radius 2 is 1.78 bits per heavy atom. The predicted molar refractivity (Wildman–Crippen MR) is 119 cm³/mol. The number of carbonyl (C=O) groups is 3. The number of hydrogen-bond acceptors (Lipinski definition) is 6. The number of benzene rings is 2. The molecular weight excluding hydrogens is 408 g/mol. The second-order valence-electron chi connectivity index (χ2n) is 7.85. The molecule has 1 atom stereocenters. The molecule has 1 unspecified atom stereocenters. The van der Waals surface area contributed by atoms with Crippen LogP contribution in [0.3, 0.4) is 0 Å². The lowest BCUT2D eigenvalue weighted by Crippen LogP contribution is -2.43. The van der Waals surface area contributed by atoms with Gasteiger partial charge in [0, 0.05) is 24.7 Å². The number of anilines is 1. The Kier molecular flexibility index (Phi) is 6.42. The van der Waals surface area contributed by atoms with Crippen LogP contribution in [0, 0.1) is 5.92 Å². The normalized spacial score (nSPS) is 20.4. The first-order valence-electron chi connectivity index (χ1n) is 10.5. The van der Waals surface area contributed by atoms with E-state index in [9.17, 15) is 14.4 Å². The Labute approximate surface area is 186 Å². The van der Waals surface area contributed by atoms with Crippen molar-refractivity contribution in [2.24, 2.45) is 10.9 Å². The highest BCUT2D eigenvalue weighted by molar-refractivity contribution is 6.45. The molecule has 8 heteroatoms. The second-order valence-corrected chi connectivity index (χ2v) is 7.85. The molecule has 0 aromatic heterocycles. The number of carbonyl (C=O) groups excluding carboxylic acids is 3. The van der Waals surface area contributed by atoms with Crippen LogP contribution >= 0.6 is 0 Å². The summed E-state index contributed by atoms with van der Waals surface area (Å²) in [6, 6.07) is 17.5. The highest BCUT2D eigenvalue weighted by atomic mass is 16.7. The molecule has 32 heavy (non-hydrogen) atoms. The molecule has 2 heterocycles. The van der Waals surface area contributed by atoms with Crippen molar-refractivity contribution in [1.29, 1.82) is 0 Å². The standard InChI is InChI=1S/C24H24N4O4/c1-17-9-8-14-27(16-17)23(30)20(25-22(29)18-10-4-2-5-11-18)15-21-24(31)32-26-28(21)19-12-6-3-7-13-19/h2-7,10-13,15,17,26H,8-9,14,16H2,1H3/b21-15+,25-20?. The number of para-hydroxylation sites is 1. The lowest BCUT2D eigenvalue weighted by atomic mass is 10.00. The zero-order valence-electron chi connectivity index (χ0n) is 17.7. The van der Waals surface area contributed by atoms with Gasteiger partial charge in [-0.2, -0.15) is 0 Å². The van der Waals surface area contributed by atoms with Crippen molar-refractivity contribution >= 4 is 29.2 Å². The summed E-state index contributed by atoms with van der Waals surface area (Å²) in [7, 11) is 0. The van der Waals surface area contributed by atoms with E-state index in [0.29, 0.717) is 30.3 Å². The average Bonchev–Trinajstić information content (AvgIpc) is 3.19. The van der Waals surface area contributed by atoms with Gasteiger partial charge in [-0.25, -0.2) is 14.8 Å². The highest BCUT2D eigenvalue weighted by Crippen LogP contribution is 2.22. The van der Waals surface area contributed by atoms with E-state index in [2.05, 4.69) is 17.5 Å². The number of aliphatic imine (C=N–C) groups is 1. The average molecular weight is 432 g/mol. The third-order valence-electron chi connectivity index (χ3n) is 5.37. The van der Waals surface area contributed by atoms with Crippen LogP contribution in [0.5, 0.6) is 0 Å². The topological polar surface area (TPSA) is 91.3 Å². The number of rotatable bonds is 4. The van der Waals surface area contributed by atoms with E-state index in [0.717, 1.165) is 12.8 Å². The summed E-state index contributed by atoms with van der Waals surface area (Å²) in [4.78, 5) is 49.4. The third kappa shape index (κ3) is 4.76. The fraction of sp³-hybridized carbons (Fsp3) is 0.250. The van der Waals surface area contributed by atoms with E-state index in [1.54, 1.807) is 47.4 Å². The van der Waals surface area contributed by atoms with Crippen LogP contribution < -0.4 is 10.6 Å².